The van der Waals surface area contributed by atoms with E-state index in [1.807, 2.05) is 263 Å². The van der Waals surface area contributed by atoms with Crippen molar-refractivity contribution >= 4 is 103 Å². The number of fused-ring (bicyclic) bond motifs is 4. The van der Waals surface area contributed by atoms with Gasteiger partial charge in [-0.1, -0.05) is 72.8 Å². The van der Waals surface area contributed by atoms with Gasteiger partial charge in [-0.15, -0.1) is 0 Å². The smallest absolute Gasteiger partial charge is 0.256 e. The third-order valence-corrected chi connectivity index (χ3v) is 22.7. The van der Waals surface area contributed by atoms with Crippen molar-refractivity contribution in [2.45, 2.75) is 81.4 Å². The fourth-order valence-corrected chi connectivity index (χ4v) is 15.5. The SMILES string of the molecule is Cc1cccc(NC(=O)c2cc(Oc3nc(-c4cccnc4)nc4c3ncn4C)ccc2C)c1.Cc1cccc(NC(=O)c2cc(Oc3nc(-c4ccncc4)nc4c3ncn4C)ccc2C)c1.Cc1cccc(NC(=O)c2ccc(C)c(Oc3nc(N4CC(C)OC(C)C4)nc4c3ncn4C)c2)c1.Cc1cccc(NC(=O)c2ccc(C)c(Oc3nc(N4CCOCC4)nc4c3ncn4C)c2)c1. The number of rotatable bonds is 20. The lowest BCUT2D eigenvalue weighted by atomic mass is 10.1. The number of pyridine rings is 2. The number of ether oxygens (including phenoxy) is 6. The molecule has 2 aliphatic rings. The van der Waals surface area contributed by atoms with Gasteiger partial charge in [0.2, 0.25) is 11.9 Å². The van der Waals surface area contributed by atoms with E-state index in [2.05, 4.69) is 85.9 Å². The number of hydrogen-bond acceptors (Lipinski definition) is 26. The van der Waals surface area contributed by atoms with Crippen LogP contribution >= 0.6 is 0 Å². The van der Waals surface area contributed by atoms with Gasteiger partial charge in [0.1, 0.15) is 23.0 Å². The molecule has 34 heteroatoms. The Bertz CT molecular complexity index is 7350. The van der Waals surface area contributed by atoms with Crippen molar-refractivity contribution in [2.24, 2.45) is 28.2 Å². The van der Waals surface area contributed by atoms with E-state index in [1.165, 1.54) is 0 Å². The van der Waals surface area contributed by atoms with Crippen LogP contribution in [0.3, 0.4) is 0 Å². The number of hydrogen-bond donors (Lipinski definition) is 4. The van der Waals surface area contributed by atoms with Gasteiger partial charge in [-0.2, -0.15) is 29.9 Å². The van der Waals surface area contributed by atoms with Crippen molar-refractivity contribution in [2.75, 3.05) is 70.5 Å². The van der Waals surface area contributed by atoms with E-state index in [1.54, 1.807) is 97.1 Å². The van der Waals surface area contributed by atoms with E-state index in [9.17, 15) is 19.2 Å². The van der Waals surface area contributed by atoms with Crippen LogP contribution in [0, 0.1) is 55.4 Å². The Morgan fingerprint density at radius 3 is 1.13 bits per heavy atom. The molecule has 2 atom stereocenters. The van der Waals surface area contributed by atoms with Gasteiger partial charge in [-0.05, 0) is 235 Å². The van der Waals surface area contributed by atoms with Crippen LogP contribution in [0.15, 0.2) is 244 Å². The number of nitrogens with one attached hydrogen (secondary N) is 4. The topological polar surface area (TPSA) is 378 Å². The summed E-state index contributed by atoms with van der Waals surface area (Å²) in [6, 6.07) is 59.6. The second kappa shape index (κ2) is 41.1. The lowest BCUT2D eigenvalue weighted by Crippen LogP contribution is -2.46. The summed E-state index contributed by atoms with van der Waals surface area (Å²) in [6.07, 6.45) is 13.6. The van der Waals surface area contributed by atoms with Crippen LogP contribution in [0.5, 0.6) is 46.5 Å². The quantitative estimate of drug-likeness (QED) is 0.0550. The third kappa shape index (κ3) is 21.9. The van der Waals surface area contributed by atoms with E-state index in [0.29, 0.717) is 176 Å². The van der Waals surface area contributed by atoms with E-state index in [4.69, 9.17) is 43.4 Å². The Morgan fingerprint density at radius 1 is 0.355 bits per heavy atom. The fraction of sp³-hybridized carbons (Fsp3) is 0.212. The summed E-state index contributed by atoms with van der Waals surface area (Å²) in [6.45, 7) is 23.7. The molecule has 2 unspecified atom stereocenters. The molecule has 20 rings (SSSR count). The van der Waals surface area contributed by atoms with Gasteiger partial charge in [0.25, 0.3) is 47.1 Å². The number of morpholine rings is 2. The summed E-state index contributed by atoms with van der Waals surface area (Å²) in [5, 5.41) is 11.8. The highest BCUT2D eigenvalue weighted by Gasteiger charge is 2.29. The molecule has 2 aliphatic heterocycles. The van der Waals surface area contributed by atoms with Crippen molar-refractivity contribution in [3.63, 3.8) is 0 Å². The maximum absolute atomic E-state index is 13.0. The molecule has 138 heavy (non-hydrogen) atoms. The molecular weight excluding hydrogens is 1750 g/mol. The molecule has 2 fully saturated rings. The molecule has 12 heterocycles. The summed E-state index contributed by atoms with van der Waals surface area (Å²) >= 11 is 0. The number of nitrogens with zero attached hydrogens (tertiary/aromatic N) is 20. The second-order valence-electron chi connectivity index (χ2n) is 33.8. The second-order valence-corrected chi connectivity index (χ2v) is 33.8. The Kier molecular flexibility index (Phi) is 27.6. The number of carbonyl (C=O) groups excluding carboxylic acids is 4. The normalized spacial score (nSPS) is 13.4. The Hall–Kier alpha value is -17.1. The molecule has 0 radical (unpaired) electrons. The van der Waals surface area contributed by atoms with Crippen molar-refractivity contribution in [1.29, 1.82) is 0 Å². The Morgan fingerprint density at radius 2 is 0.732 bits per heavy atom. The monoisotopic (exact) mass is 1840 g/mol. The summed E-state index contributed by atoms with van der Waals surface area (Å²) < 4.78 is 43.5. The zero-order valence-electron chi connectivity index (χ0n) is 78.5. The average molecular weight is 1850 g/mol. The summed E-state index contributed by atoms with van der Waals surface area (Å²) in [5.74, 6) is 4.60. The van der Waals surface area contributed by atoms with Crippen molar-refractivity contribution < 1.29 is 47.6 Å². The van der Waals surface area contributed by atoms with Gasteiger partial charge >= 0.3 is 0 Å². The average Bonchev–Trinajstić information content (AvgIpc) is 1.43. The third-order valence-electron chi connectivity index (χ3n) is 22.7. The molecule has 10 aromatic heterocycles. The first-order valence-electron chi connectivity index (χ1n) is 44.7. The molecule has 0 aliphatic carbocycles. The van der Waals surface area contributed by atoms with E-state index in [0.717, 1.165) is 78.4 Å². The maximum Gasteiger partial charge on any atom is 0.256 e. The molecular formula is C104H100N24O10. The Balaban J connectivity index is 0.000000127. The summed E-state index contributed by atoms with van der Waals surface area (Å²) in [7, 11) is 7.50. The zero-order valence-corrected chi connectivity index (χ0v) is 78.5. The maximum atomic E-state index is 13.0. The number of aromatic nitrogens is 18. The number of amides is 4. The number of aryl methyl sites for hydroxylation is 12. The first-order valence-corrected chi connectivity index (χ1v) is 44.7. The molecule has 696 valence electrons. The van der Waals surface area contributed by atoms with Gasteiger partial charge in [0.15, 0.2) is 56.3 Å². The first-order chi connectivity index (χ1) is 66.7. The van der Waals surface area contributed by atoms with Crippen LogP contribution in [0.2, 0.25) is 0 Å². The zero-order chi connectivity index (χ0) is 96.4. The van der Waals surface area contributed by atoms with Crippen molar-refractivity contribution in [3.05, 3.63) is 311 Å². The van der Waals surface area contributed by atoms with Crippen LogP contribution < -0.4 is 50.0 Å². The molecule has 4 amide bonds. The standard InChI is InChI=1S/C27H30N6O3.2C26H22N6O2.C25H26N6O3/c1-16-7-6-8-21(11-16)29-25(34)20-10-9-17(2)22(12-20)36-26-23-24(32(5)15-28-23)30-27(31-26)33-13-18(3)35-19(4)14-33;1-16-6-4-8-19(12-16)29-25(33)21-13-20(10-9-17(21)2)34-26-22-24(32(3)15-28-22)30-23(31-26)18-7-5-11-27-14-18;1-16-5-4-6-19(13-16)29-25(33)21-14-20(8-7-17(21)2)34-26-22-24(32(3)15-28-22)30-23(31-26)18-9-11-27-12-10-18;1-16-5-4-6-19(13-16)27-23(32)18-8-7-17(2)20(14-18)34-24-21-22(30(3)15-26-21)28-25(29-24)31-9-11-33-12-10-31/h6-12,15,18-19H,13-14H2,1-5H3,(H,29,34);2*4-15H,1-3H3,(H,29,33);4-8,13-15H,9-12H2,1-3H3,(H,27,32). The highest BCUT2D eigenvalue weighted by atomic mass is 16.5. The fourth-order valence-electron chi connectivity index (χ4n) is 15.5. The minimum absolute atomic E-state index is 0.0646. The highest BCUT2D eigenvalue weighted by Crippen LogP contribution is 2.38. The number of carbonyl (C=O) groups is 4. The van der Waals surface area contributed by atoms with Gasteiger partial charge < -0.3 is 77.8 Å². The number of imidazole rings is 4. The minimum Gasteiger partial charge on any atom is -0.437 e. The predicted octanol–water partition coefficient (Wildman–Crippen LogP) is 18.7. The van der Waals surface area contributed by atoms with E-state index >= 15 is 0 Å². The minimum atomic E-state index is -0.215. The largest absolute Gasteiger partial charge is 0.437 e. The van der Waals surface area contributed by atoms with Gasteiger partial charge in [0, 0.05) is 135 Å². The molecule has 34 nitrogen and oxygen atoms in total. The van der Waals surface area contributed by atoms with Gasteiger partial charge in [0.05, 0.1) is 50.7 Å². The Labute approximate surface area is 794 Å². The molecule has 18 aromatic rings. The predicted molar refractivity (Wildman–Crippen MR) is 528 cm³/mol. The summed E-state index contributed by atoms with van der Waals surface area (Å²) in [4.78, 5) is 119. The first kappa shape index (κ1) is 92.7. The summed E-state index contributed by atoms with van der Waals surface area (Å²) in [5.41, 5.74) is 19.1. The van der Waals surface area contributed by atoms with Crippen molar-refractivity contribution in [3.8, 4) is 69.3 Å². The van der Waals surface area contributed by atoms with Crippen LogP contribution in [0.4, 0.5) is 34.6 Å². The van der Waals surface area contributed by atoms with Crippen LogP contribution in [-0.2, 0) is 37.7 Å². The molecule has 4 N–H and O–H groups in total. The molecule has 0 saturated carbocycles. The molecule has 0 bridgehead atoms. The molecule has 0 spiro atoms. The van der Waals surface area contributed by atoms with E-state index in [-0.39, 0.29) is 35.8 Å². The van der Waals surface area contributed by atoms with Gasteiger partial charge in [-0.3, -0.25) is 29.1 Å². The van der Waals surface area contributed by atoms with Crippen LogP contribution in [-0.4, -0.2) is 163 Å². The molecule has 8 aromatic carbocycles. The van der Waals surface area contributed by atoms with Gasteiger partial charge in [-0.25, -0.2) is 29.9 Å². The van der Waals surface area contributed by atoms with Crippen LogP contribution in [0.1, 0.15) is 99.8 Å². The number of anilines is 6. The van der Waals surface area contributed by atoms with Crippen LogP contribution in [0.25, 0.3) is 67.4 Å². The lowest BCUT2D eigenvalue weighted by molar-refractivity contribution is -0.00574. The van der Waals surface area contributed by atoms with E-state index < -0.39 is 0 Å². The highest BCUT2D eigenvalue weighted by molar-refractivity contribution is 6.08. The van der Waals surface area contributed by atoms with Crippen molar-refractivity contribution in [1.82, 2.24) is 88.0 Å². The lowest BCUT2D eigenvalue weighted by Gasteiger charge is -2.35. The molecule has 2 saturated heterocycles. The number of benzene rings is 8.